The van der Waals surface area contributed by atoms with Gasteiger partial charge in [0.2, 0.25) is 11.8 Å². The van der Waals surface area contributed by atoms with Crippen LogP contribution in [0.5, 0.6) is 0 Å². The summed E-state index contributed by atoms with van der Waals surface area (Å²) in [6.45, 7) is 0. The molecule has 0 radical (unpaired) electrons. The number of nitrogens with one attached hydrogen (secondary N) is 1. The van der Waals surface area contributed by atoms with Gasteiger partial charge in [0, 0.05) is 5.56 Å². The number of thiophene rings is 2. The monoisotopic (exact) mass is 422 g/mol. The molecule has 0 unspecified atom stereocenters. The minimum absolute atomic E-state index is 0.536. The van der Waals surface area contributed by atoms with Gasteiger partial charge in [-0.05, 0) is 35.0 Å². The van der Waals surface area contributed by atoms with Crippen molar-refractivity contribution in [3.63, 3.8) is 0 Å². The molecule has 1 aromatic carbocycles. The van der Waals surface area contributed by atoms with Crippen molar-refractivity contribution in [1.82, 2.24) is 20.2 Å². The average molecular weight is 423 g/mol. The van der Waals surface area contributed by atoms with Crippen molar-refractivity contribution in [2.45, 2.75) is 10.9 Å². The van der Waals surface area contributed by atoms with Gasteiger partial charge in [-0.15, -0.1) is 32.9 Å². The number of aromatic amines is 1. The predicted octanol–water partition coefficient (Wildman–Crippen LogP) is 6.21. The summed E-state index contributed by atoms with van der Waals surface area (Å²) in [4.78, 5) is 10.6. The average Bonchev–Trinajstić information content (AvgIpc) is 3.54. The van der Waals surface area contributed by atoms with E-state index in [4.69, 9.17) is 9.40 Å². The van der Waals surface area contributed by atoms with Crippen molar-refractivity contribution in [3.8, 4) is 32.6 Å². The molecule has 0 aliphatic heterocycles. The second-order valence-electron chi connectivity index (χ2n) is 5.88. The van der Waals surface area contributed by atoms with Crippen molar-refractivity contribution in [3.05, 3.63) is 71.2 Å². The van der Waals surface area contributed by atoms with Crippen molar-refractivity contribution in [1.29, 1.82) is 0 Å². The lowest BCUT2D eigenvalue weighted by molar-refractivity contribution is 0.528. The number of hydrogen-bond acceptors (Lipinski definition) is 7. The van der Waals surface area contributed by atoms with E-state index in [0.717, 1.165) is 27.0 Å². The maximum absolute atomic E-state index is 5.79. The molecule has 28 heavy (non-hydrogen) atoms. The fourth-order valence-electron chi connectivity index (χ4n) is 2.75. The molecule has 5 aromatic rings. The zero-order valence-corrected chi connectivity index (χ0v) is 17.0. The van der Waals surface area contributed by atoms with E-state index in [9.17, 15) is 0 Å². The maximum atomic E-state index is 5.79. The molecule has 0 saturated carbocycles. The van der Waals surface area contributed by atoms with Crippen LogP contribution in [-0.2, 0) is 5.75 Å². The third-order valence-electron chi connectivity index (χ3n) is 4.02. The molecule has 4 heterocycles. The van der Waals surface area contributed by atoms with E-state index in [2.05, 4.69) is 44.1 Å². The van der Waals surface area contributed by atoms with Crippen molar-refractivity contribution in [2.24, 2.45) is 0 Å². The highest BCUT2D eigenvalue weighted by molar-refractivity contribution is 7.98. The minimum Gasteiger partial charge on any atom is -0.420 e. The van der Waals surface area contributed by atoms with Crippen LogP contribution in [0, 0.1) is 0 Å². The molecule has 0 aliphatic rings. The van der Waals surface area contributed by atoms with Gasteiger partial charge < -0.3 is 9.40 Å². The van der Waals surface area contributed by atoms with E-state index in [1.54, 1.807) is 34.4 Å². The van der Waals surface area contributed by atoms with E-state index >= 15 is 0 Å². The highest BCUT2D eigenvalue weighted by atomic mass is 32.2. The molecule has 0 bridgehead atoms. The lowest BCUT2D eigenvalue weighted by Gasteiger charge is -1.96. The zero-order valence-electron chi connectivity index (χ0n) is 14.5. The van der Waals surface area contributed by atoms with Crippen LogP contribution < -0.4 is 0 Å². The molecular weight excluding hydrogens is 408 g/mol. The van der Waals surface area contributed by atoms with Crippen LogP contribution in [0.1, 0.15) is 5.89 Å². The number of aromatic nitrogens is 4. The van der Waals surface area contributed by atoms with Gasteiger partial charge in [0.1, 0.15) is 5.69 Å². The second-order valence-corrected chi connectivity index (χ2v) is 8.74. The third kappa shape index (κ3) is 3.54. The summed E-state index contributed by atoms with van der Waals surface area (Å²) in [5.74, 6) is 1.67. The highest BCUT2D eigenvalue weighted by Gasteiger charge is 2.17. The highest BCUT2D eigenvalue weighted by Crippen LogP contribution is 2.37. The first-order chi connectivity index (χ1) is 13.9. The normalized spacial score (nSPS) is 11.1. The van der Waals surface area contributed by atoms with Gasteiger partial charge in [0.05, 0.1) is 21.2 Å². The van der Waals surface area contributed by atoms with Crippen LogP contribution in [0.15, 0.2) is 74.9 Å². The first-order valence-electron chi connectivity index (χ1n) is 8.55. The molecule has 5 nitrogen and oxygen atoms in total. The lowest BCUT2D eigenvalue weighted by Crippen LogP contribution is -1.82. The summed E-state index contributed by atoms with van der Waals surface area (Å²) in [5.41, 5.74) is 2.95. The summed E-state index contributed by atoms with van der Waals surface area (Å²) in [6, 6.07) is 18.1. The van der Waals surface area contributed by atoms with E-state index in [-0.39, 0.29) is 0 Å². The van der Waals surface area contributed by atoms with Gasteiger partial charge in [-0.2, -0.15) is 0 Å². The summed E-state index contributed by atoms with van der Waals surface area (Å²) >= 11 is 4.95. The van der Waals surface area contributed by atoms with Gasteiger partial charge in [-0.25, -0.2) is 4.98 Å². The SMILES string of the molecule is c1ccc(-c2nnc(CSc3nc(-c4cccs4)c(-c4cccs4)[nH]3)o2)cc1. The predicted molar refractivity (Wildman–Crippen MR) is 115 cm³/mol. The van der Waals surface area contributed by atoms with E-state index < -0.39 is 0 Å². The number of H-pyrrole nitrogens is 1. The molecule has 0 saturated heterocycles. The van der Waals surface area contributed by atoms with Gasteiger partial charge in [-0.3, -0.25) is 0 Å². The molecule has 5 rings (SSSR count). The van der Waals surface area contributed by atoms with Crippen molar-refractivity contribution in [2.75, 3.05) is 0 Å². The number of benzene rings is 1. The Kier molecular flexibility index (Phi) is 4.82. The molecule has 0 aliphatic carbocycles. The summed E-state index contributed by atoms with van der Waals surface area (Å²) in [7, 11) is 0. The van der Waals surface area contributed by atoms with E-state index in [1.807, 2.05) is 36.4 Å². The number of nitrogens with zero attached hydrogens (tertiary/aromatic N) is 3. The Balaban J connectivity index is 1.38. The molecule has 0 fully saturated rings. The Hall–Kier alpha value is -2.68. The van der Waals surface area contributed by atoms with Gasteiger partial charge in [-0.1, -0.05) is 42.1 Å². The fraction of sp³-hybridized carbons (Fsp3) is 0.0500. The molecule has 4 aromatic heterocycles. The Labute approximate surface area is 173 Å². The molecule has 0 spiro atoms. The van der Waals surface area contributed by atoms with Gasteiger partial charge >= 0.3 is 0 Å². The Bertz CT molecular complexity index is 1110. The summed E-state index contributed by atoms with van der Waals surface area (Å²) < 4.78 is 5.79. The van der Waals surface area contributed by atoms with Crippen LogP contribution in [0.3, 0.4) is 0 Å². The third-order valence-corrected chi connectivity index (χ3v) is 6.65. The molecule has 8 heteroatoms. The van der Waals surface area contributed by atoms with Crippen LogP contribution >= 0.6 is 34.4 Å². The minimum atomic E-state index is 0.536. The van der Waals surface area contributed by atoms with Crippen molar-refractivity contribution >= 4 is 34.4 Å². The fourth-order valence-corrected chi connectivity index (χ4v) is 4.90. The quantitative estimate of drug-likeness (QED) is 0.330. The Morgan fingerprint density at radius 3 is 2.43 bits per heavy atom. The molecule has 138 valence electrons. The van der Waals surface area contributed by atoms with Gasteiger partial charge in [0.25, 0.3) is 0 Å². The second kappa shape index (κ2) is 7.75. The first-order valence-corrected chi connectivity index (χ1v) is 11.3. The number of thioether (sulfide) groups is 1. The van der Waals surface area contributed by atoms with Gasteiger partial charge in [0.15, 0.2) is 5.16 Å². The Morgan fingerprint density at radius 2 is 1.68 bits per heavy atom. The van der Waals surface area contributed by atoms with Crippen LogP contribution in [0.4, 0.5) is 0 Å². The number of rotatable bonds is 6. The zero-order chi connectivity index (χ0) is 18.8. The summed E-state index contributed by atoms with van der Waals surface area (Å²) in [5, 5.41) is 13.3. The smallest absolute Gasteiger partial charge is 0.247 e. The largest absolute Gasteiger partial charge is 0.420 e. The van der Waals surface area contributed by atoms with Crippen LogP contribution in [-0.4, -0.2) is 20.2 Å². The maximum Gasteiger partial charge on any atom is 0.247 e. The standard InChI is InChI=1S/C20H14N4OS3/c1-2-6-13(7-3-1)19-24-23-16(25-19)12-28-20-21-17(14-8-4-10-26-14)18(22-20)15-9-5-11-27-15/h1-11H,12H2,(H,21,22). The van der Waals surface area contributed by atoms with Crippen molar-refractivity contribution < 1.29 is 4.42 Å². The number of hydrogen-bond donors (Lipinski definition) is 1. The molecule has 0 amide bonds. The molecule has 0 atom stereocenters. The lowest BCUT2D eigenvalue weighted by atomic mass is 10.2. The van der Waals surface area contributed by atoms with E-state index in [0.29, 0.717) is 17.5 Å². The molecule has 1 N–H and O–H groups in total. The van der Waals surface area contributed by atoms with Crippen LogP contribution in [0.2, 0.25) is 0 Å². The first kappa shape index (κ1) is 17.4. The topological polar surface area (TPSA) is 67.6 Å². The Morgan fingerprint density at radius 1 is 0.893 bits per heavy atom. The molecular formula is C20H14N4OS3. The number of imidazole rings is 1. The van der Waals surface area contributed by atoms with Crippen LogP contribution in [0.25, 0.3) is 32.6 Å². The summed E-state index contributed by atoms with van der Waals surface area (Å²) in [6.07, 6.45) is 0. The van der Waals surface area contributed by atoms with E-state index in [1.165, 1.54) is 4.88 Å².